The Kier molecular flexibility index (Phi) is 3.16. The van der Waals surface area contributed by atoms with Crippen LogP contribution in [-0.4, -0.2) is 11.7 Å². The molecule has 3 rings (SSSR count). The van der Waals surface area contributed by atoms with E-state index in [9.17, 15) is 5.11 Å². The van der Waals surface area contributed by atoms with Crippen LogP contribution in [0.5, 0.6) is 0 Å². The number of rotatable bonds is 4. The first-order valence-electron chi connectivity index (χ1n) is 7.23. The van der Waals surface area contributed by atoms with Gasteiger partial charge in [-0.1, -0.05) is 37.1 Å². The molecule has 0 saturated heterocycles. The summed E-state index contributed by atoms with van der Waals surface area (Å²) in [5.74, 6) is 0.783. The van der Waals surface area contributed by atoms with Crippen LogP contribution in [0.1, 0.15) is 61.7 Å². The van der Waals surface area contributed by atoms with Gasteiger partial charge in [0.1, 0.15) is 0 Å². The molecule has 18 heavy (non-hydrogen) atoms. The summed E-state index contributed by atoms with van der Waals surface area (Å²) in [7, 11) is 0. The van der Waals surface area contributed by atoms with Crippen molar-refractivity contribution >= 4 is 0 Å². The molecule has 2 nitrogen and oxygen atoms in total. The monoisotopic (exact) mass is 245 g/mol. The van der Waals surface area contributed by atoms with Crippen molar-refractivity contribution in [3.8, 4) is 0 Å². The molecule has 0 radical (unpaired) electrons. The number of nitrogens with two attached hydrogens (primary N) is 1. The molecule has 1 atom stereocenters. The number of aliphatic hydroxyl groups excluding tert-OH is 1. The summed E-state index contributed by atoms with van der Waals surface area (Å²) in [5, 5.41) is 10.6. The van der Waals surface area contributed by atoms with Crippen molar-refractivity contribution in [3.05, 3.63) is 35.4 Å². The average Bonchev–Trinajstić information content (AvgIpc) is 3.16. The molecule has 3 N–H and O–H groups in total. The van der Waals surface area contributed by atoms with Crippen molar-refractivity contribution in [3.63, 3.8) is 0 Å². The van der Waals surface area contributed by atoms with Gasteiger partial charge in [-0.2, -0.15) is 0 Å². The molecule has 0 heterocycles. The second-order valence-electron chi connectivity index (χ2n) is 6.12. The van der Waals surface area contributed by atoms with Crippen molar-refractivity contribution in [2.45, 2.75) is 50.5 Å². The van der Waals surface area contributed by atoms with Crippen LogP contribution in [0, 0.1) is 5.41 Å². The predicted octanol–water partition coefficient (Wildman–Crippen LogP) is 3.12. The van der Waals surface area contributed by atoms with Gasteiger partial charge < -0.3 is 10.8 Å². The van der Waals surface area contributed by atoms with Crippen LogP contribution < -0.4 is 5.73 Å². The standard InChI is InChI=1S/C16H23NO/c17-11-16(9-1-2-10-16)15(18)14-7-5-13(6-8-14)12-3-4-12/h5-8,12,15,18H,1-4,9-11,17H2. The molecule has 2 saturated carbocycles. The molecular formula is C16H23NO. The zero-order chi connectivity index (χ0) is 12.6. The summed E-state index contributed by atoms with van der Waals surface area (Å²) in [4.78, 5) is 0. The lowest BCUT2D eigenvalue weighted by atomic mass is 9.77. The molecule has 1 aromatic rings. The Hall–Kier alpha value is -0.860. The van der Waals surface area contributed by atoms with Crippen LogP contribution in [0.4, 0.5) is 0 Å². The van der Waals surface area contributed by atoms with E-state index in [4.69, 9.17) is 5.73 Å². The molecule has 0 spiro atoms. The molecule has 1 unspecified atom stereocenters. The van der Waals surface area contributed by atoms with E-state index in [1.807, 2.05) is 0 Å². The molecule has 0 bridgehead atoms. The predicted molar refractivity (Wildman–Crippen MR) is 73.3 cm³/mol. The van der Waals surface area contributed by atoms with Crippen LogP contribution in [-0.2, 0) is 0 Å². The summed E-state index contributed by atoms with van der Waals surface area (Å²) >= 11 is 0. The highest BCUT2D eigenvalue weighted by atomic mass is 16.3. The van der Waals surface area contributed by atoms with Crippen LogP contribution >= 0.6 is 0 Å². The van der Waals surface area contributed by atoms with Crippen LogP contribution in [0.15, 0.2) is 24.3 Å². The Bertz CT molecular complexity index is 402. The van der Waals surface area contributed by atoms with Gasteiger partial charge in [0, 0.05) is 12.0 Å². The van der Waals surface area contributed by atoms with Crippen molar-refractivity contribution in [1.29, 1.82) is 0 Å². The molecule has 2 aliphatic rings. The van der Waals surface area contributed by atoms with Crippen molar-refractivity contribution in [1.82, 2.24) is 0 Å². The van der Waals surface area contributed by atoms with E-state index in [1.165, 1.54) is 31.2 Å². The van der Waals surface area contributed by atoms with E-state index >= 15 is 0 Å². The van der Waals surface area contributed by atoms with E-state index in [2.05, 4.69) is 24.3 Å². The number of hydrogen-bond acceptors (Lipinski definition) is 2. The van der Waals surface area contributed by atoms with Gasteiger partial charge in [-0.15, -0.1) is 0 Å². The Morgan fingerprint density at radius 2 is 1.78 bits per heavy atom. The smallest absolute Gasteiger partial charge is 0.0858 e. The first kappa shape index (κ1) is 12.2. The summed E-state index contributed by atoms with van der Waals surface area (Å²) < 4.78 is 0. The highest BCUT2D eigenvalue weighted by Gasteiger charge is 2.40. The highest BCUT2D eigenvalue weighted by molar-refractivity contribution is 5.30. The lowest BCUT2D eigenvalue weighted by molar-refractivity contribution is 0.0333. The molecule has 2 heteroatoms. The fourth-order valence-electron chi connectivity index (χ4n) is 3.39. The summed E-state index contributed by atoms with van der Waals surface area (Å²) in [6.45, 7) is 0.596. The zero-order valence-electron chi connectivity index (χ0n) is 10.9. The Balaban J connectivity index is 1.79. The molecular weight excluding hydrogens is 222 g/mol. The van der Waals surface area contributed by atoms with E-state index in [1.54, 1.807) is 0 Å². The highest BCUT2D eigenvalue weighted by Crippen LogP contribution is 2.47. The molecule has 2 aliphatic carbocycles. The zero-order valence-corrected chi connectivity index (χ0v) is 10.9. The minimum absolute atomic E-state index is 0.0684. The van der Waals surface area contributed by atoms with E-state index < -0.39 is 6.10 Å². The molecule has 2 fully saturated rings. The lowest BCUT2D eigenvalue weighted by Crippen LogP contribution is -2.34. The third-order valence-corrected chi connectivity index (χ3v) is 4.89. The van der Waals surface area contributed by atoms with Gasteiger partial charge in [0.05, 0.1) is 6.10 Å². The Morgan fingerprint density at radius 3 is 2.28 bits per heavy atom. The molecule has 0 aliphatic heterocycles. The number of benzene rings is 1. The average molecular weight is 245 g/mol. The Labute approximate surface area is 109 Å². The summed E-state index contributed by atoms with van der Waals surface area (Å²) in [5.41, 5.74) is 8.34. The molecule has 1 aromatic carbocycles. The van der Waals surface area contributed by atoms with Crippen molar-refractivity contribution in [2.24, 2.45) is 11.1 Å². The van der Waals surface area contributed by atoms with Crippen LogP contribution in [0.3, 0.4) is 0 Å². The third kappa shape index (κ3) is 2.08. The summed E-state index contributed by atoms with van der Waals surface area (Å²) in [6.07, 6.45) is 6.80. The van der Waals surface area contributed by atoms with Gasteiger partial charge >= 0.3 is 0 Å². The fraction of sp³-hybridized carbons (Fsp3) is 0.625. The summed E-state index contributed by atoms with van der Waals surface area (Å²) in [6, 6.07) is 8.59. The van der Waals surface area contributed by atoms with Crippen LogP contribution in [0.25, 0.3) is 0 Å². The van der Waals surface area contributed by atoms with Gasteiger partial charge in [0.15, 0.2) is 0 Å². The SMILES string of the molecule is NCC1(C(O)c2ccc(C3CC3)cc2)CCCC1. The Morgan fingerprint density at radius 1 is 1.17 bits per heavy atom. The normalized spacial score (nSPS) is 24.1. The number of hydrogen-bond donors (Lipinski definition) is 2. The number of aliphatic hydroxyl groups is 1. The second kappa shape index (κ2) is 4.67. The van der Waals surface area contributed by atoms with E-state index in [0.717, 1.165) is 24.3 Å². The van der Waals surface area contributed by atoms with Gasteiger partial charge in [-0.05, 0) is 42.7 Å². The van der Waals surface area contributed by atoms with Gasteiger partial charge in [0.2, 0.25) is 0 Å². The van der Waals surface area contributed by atoms with Gasteiger partial charge in [-0.3, -0.25) is 0 Å². The second-order valence-corrected chi connectivity index (χ2v) is 6.12. The lowest BCUT2D eigenvalue weighted by Gasteiger charge is -2.33. The minimum atomic E-state index is -0.391. The first-order valence-corrected chi connectivity index (χ1v) is 7.23. The van der Waals surface area contributed by atoms with E-state index in [0.29, 0.717) is 6.54 Å². The maximum Gasteiger partial charge on any atom is 0.0858 e. The van der Waals surface area contributed by atoms with E-state index in [-0.39, 0.29) is 5.41 Å². The topological polar surface area (TPSA) is 46.2 Å². The minimum Gasteiger partial charge on any atom is -0.388 e. The maximum atomic E-state index is 10.6. The molecule has 0 aromatic heterocycles. The maximum absolute atomic E-state index is 10.6. The van der Waals surface area contributed by atoms with Gasteiger partial charge in [0.25, 0.3) is 0 Å². The molecule has 98 valence electrons. The van der Waals surface area contributed by atoms with Gasteiger partial charge in [-0.25, -0.2) is 0 Å². The molecule has 0 amide bonds. The quantitative estimate of drug-likeness (QED) is 0.856. The fourth-order valence-corrected chi connectivity index (χ4v) is 3.39. The van der Waals surface area contributed by atoms with Crippen molar-refractivity contribution < 1.29 is 5.11 Å². The largest absolute Gasteiger partial charge is 0.388 e. The first-order chi connectivity index (χ1) is 8.75. The van der Waals surface area contributed by atoms with Crippen LogP contribution in [0.2, 0.25) is 0 Å². The third-order valence-electron chi connectivity index (χ3n) is 4.89. The van der Waals surface area contributed by atoms with Crippen molar-refractivity contribution in [2.75, 3.05) is 6.54 Å².